The SMILES string of the molecule is CCC1CCCCN1c1ccnc(C(=O)N2CCN(C=O)CC2)c1. The van der Waals surface area contributed by atoms with Crippen molar-refractivity contribution < 1.29 is 9.59 Å². The van der Waals surface area contributed by atoms with E-state index in [4.69, 9.17) is 0 Å². The first-order chi connectivity index (χ1) is 11.7. The second-order valence-corrected chi connectivity index (χ2v) is 6.58. The zero-order valence-corrected chi connectivity index (χ0v) is 14.4. The highest BCUT2D eigenvalue weighted by atomic mass is 16.2. The number of hydrogen-bond donors (Lipinski definition) is 0. The highest BCUT2D eigenvalue weighted by Crippen LogP contribution is 2.26. The Morgan fingerprint density at radius 3 is 2.75 bits per heavy atom. The Balaban J connectivity index is 1.73. The quantitative estimate of drug-likeness (QED) is 0.790. The van der Waals surface area contributed by atoms with E-state index in [0.29, 0.717) is 37.9 Å². The number of aromatic nitrogens is 1. The van der Waals surface area contributed by atoms with E-state index in [2.05, 4.69) is 16.8 Å². The van der Waals surface area contributed by atoms with E-state index < -0.39 is 0 Å². The van der Waals surface area contributed by atoms with E-state index in [1.807, 2.05) is 12.1 Å². The fraction of sp³-hybridized carbons (Fsp3) is 0.611. The van der Waals surface area contributed by atoms with Gasteiger partial charge in [0.25, 0.3) is 5.91 Å². The monoisotopic (exact) mass is 330 g/mol. The number of hydrogen-bond acceptors (Lipinski definition) is 4. The van der Waals surface area contributed by atoms with Gasteiger partial charge >= 0.3 is 0 Å². The lowest BCUT2D eigenvalue weighted by molar-refractivity contribution is -0.119. The molecule has 1 aromatic heterocycles. The van der Waals surface area contributed by atoms with Crippen LogP contribution in [-0.2, 0) is 4.79 Å². The first kappa shape index (κ1) is 16.7. The third-order valence-electron chi connectivity index (χ3n) is 5.14. The number of piperazine rings is 1. The van der Waals surface area contributed by atoms with Crippen molar-refractivity contribution in [3.63, 3.8) is 0 Å². The third kappa shape index (κ3) is 3.52. The summed E-state index contributed by atoms with van der Waals surface area (Å²) in [7, 11) is 0. The molecular weight excluding hydrogens is 304 g/mol. The van der Waals surface area contributed by atoms with E-state index in [1.54, 1.807) is 16.0 Å². The van der Waals surface area contributed by atoms with Crippen LogP contribution in [0.2, 0.25) is 0 Å². The first-order valence-corrected chi connectivity index (χ1v) is 8.94. The fourth-order valence-corrected chi connectivity index (χ4v) is 3.67. The van der Waals surface area contributed by atoms with E-state index in [0.717, 1.165) is 25.1 Å². The van der Waals surface area contributed by atoms with Gasteiger partial charge in [0.15, 0.2) is 0 Å². The lowest BCUT2D eigenvalue weighted by atomic mass is 9.99. The molecule has 0 aromatic carbocycles. The summed E-state index contributed by atoms with van der Waals surface area (Å²) in [6, 6.07) is 4.50. The van der Waals surface area contributed by atoms with Crippen molar-refractivity contribution in [1.29, 1.82) is 0 Å². The van der Waals surface area contributed by atoms with Gasteiger partial charge in [-0.1, -0.05) is 6.92 Å². The van der Waals surface area contributed by atoms with Crippen LogP contribution in [0.15, 0.2) is 18.3 Å². The summed E-state index contributed by atoms with van der Waals surface area (Å²) in [4.78, 5) is 33.7. The van der Waals surface area contributed by atoms with Gasteiger partial charge in [0.05, 0.1) is 0 Å². The highest BCUT2D eigenvalue weighted by Gasteiger charge is 2.25. The molecule has 1 atom stereocenters. The Kier molecular flexibility index (Phi) is 5.33. The van der Waals surface area contributed by atoms with Crippen LogP contribution in [0, 0.1) is 0 Å². The van der Waals surface area contributed by atoms with Crippen LogP contribution in [0.4, 0.5) is 5.69 Å². The summed E-state index contributed by atoms with van der Waals surface area (Å²) in [5.74, 6) is -0.0348. The molecule has 6 nitrogen and oxygen atoms in total. The molecule has 0 spiro atoms. The average Bonchev–Trinajstić information content (AvgIpc) is 2.67. The van der Waals surface area contributed by atoms with Gasteiger partial charge in [0, 0.05) is 50.6 Å². The minimum atomic E-state index is -0.0348. The molecule has 0 radical (unpaired) electrons. The van der Waals surface area contributed by atoms with Crippen LogP contribution < -0.4 is 4.90 Å². The molecule has 3 heterocycles. The van der Waals surface area contributed by atoms with E-state index >= 15 is 0 Å². The Bertz CT molecular complexity index is 584. The lowest BCUT2D eigenvalue weighted by Crippen LogP contribution is -2.48. The van der Waals surface area contributed by atoms with E-state index in [9.17, 15) is 9.59 Å². The molecule has 0 saturated carbocycles. The zero-order chi connectivity index (χ0) is 16.9. The Labute approximate surface area is 143 Å². The van der Waals surface area contributed by atoms with Gasteiger partial charge in [0.1, 0.15) is 5.69 Å². The van der Waals surface area contributed by atoms with E-state index in [-0.39, 0.29) is 5.91 Å². The number of amides is 2. The van der Waals surface area contributed by atoms with Gasteiger partial charge in [-0.25, -0.2) is 0 Å². The van der Waals surface area contributed by atoms with Crippen molar-refractivity contribution >= 4 is 18.0 Å². The molecule has 0 bridgehead atoms. The summed E-state index contributed by atoms with van der Waals surface area (Å²) in [5.41, 5.74) is 1.61. The zero-order valence-electron chi connectivity index (χ0n) is 14.4. The number of nitrogens with zero attached hydrogens (tertiary/aromatic N) is 4. The molecule has 24 heavy (non-hydrogen) atoms. The van der Waals surface area contributed by atoms with Crippen LogP contribution >= 0.6 is 0 Å². The second kappa shape index (κ2) is 7.64. The van der Waals surface area contributed by atoms with Gasteiger partial charge in [0.2, 0.25) is 6.41 Å². The summed E-state index contributed by atoms with van der Waals surface area (Å²) in [6.45, 7) is 5.62. The maximum atomic E-state index is 12.7. The molecule has 1 aromatic rings. The minimum Gasteiger partial charge on any atom is -0.368 e. The molecule has 2 saturated heterocycles. The number of pyridine rings is 1. The smallest absolute Gasteiger partial charge is 0.272 e. The summed E-state index contributed by atoms with van der Waals surface area (Å²) < 4.78 is 0. The molecule has 2 fully saturated rings. The summed E-state index contributed by atoms with van der Waals surface area (Å²) in [6.07, 6.45) is 7.42. The lowest BCUT2D eigenvalue weighted by Gasteiger charge is -2.37. The van der Waals surface area contributed by atoms with Crippen LogP contribution in [0.5, 0.6) is 0 Å². The molecule has 2 aliphatic rings. The van der Waals surface area contributed by atoms with Crippen molar-refractivity contribution in [1.82, 2.24) is 14.8 Å². The van der Waals surface area contributed by atoms with Crippen molar-refractivity contribution in [3.8, 4) is 0 Å². The molecule has 3 rings (SSSR count). The van der Waals surface area contributed by atoms with Crippen LogP contribution in [0.25, 0.3) is 0 Å². The number of anilines is 1. The van der Waals surface area contributed by atoms with Gasteiger partial charge in [-0.2, -0.15) is 0 Å². The third-order valence-corrected chi connectivity index (χ3v) is 5.14. The molecule has 0 aliphatic carbocycles. The van der Waals surface area contributed by atoms with Gasteiger partial charge in [-0.05, 0) is 37.8 Å². The molecular formula is C18H26N4O2. The molecule has 1 unspecified atom stereocenters. The van der Waals surface area contributed by atoms with Crippen molar-refractivity contribution in [2.45, 2.75) is 38.6 Å². The van der Waals surface area contributed by atoms with Crippen molar-refractivity contribution in [3.05, 3.63) is 24.0 Å². The first-order valence-electron chi connectivity index (χ1n) is 8.94. The molecule has 2 aliphatic heterocycles. The van der Waals surface area contributed by atoms with E-state index in [1.165, 1.54) is 19.3 Å². The van der Waals surface area contributed by atoms with Gasteiger partial charge < -0.3 is 14.7 Å². The molecule has 0 N–H and O–H groups in total. The maximum Gasteiger partial charge on any atom is 0.272 e. The predicted molar refractivity (Wildman–Crippen MR) is 93.1 cm³/mol. The van der Waals surface area contributed by atoms with Crippen LogP contribution in [0.3, 0.4) is 0 Å². The number of carbonyl (C=O) groups is 2. The van der Waals surface area contributed by atoms with Crippen molar-refractivity contribution in [2.75, 3.05) is 37.6 Å². The van der Waals surface area contributed by atoms with Crippen LogP contribution in [0.1, 0.15) is 43.1 Å². The number of carbonyl (C=O) groups excluding carboxylic acids is 2. The Morgan fingerprint density at radius 1 is 1.25 bits per heavy atom. The largest absolute Gasteiger partial charge is 0.368 e. The van der Waals surface area contributed by atoms with Gasteiger partial charge in [-0.15, -0.1) is 0 Å². The van der Waals surface area contributed by atoms with Crippen LogP contribution in [-0.4, -0.2) is 65.9 Å². The molecule has 6 heteroatoms. The summed E-state index contributed by atoms with van der Waals surface area (Å²) >= 11 is 0. The predicted octanol–water partition coefficient (Wildman–Crippen LogP) is 1.76. The molecule has 130 valence electrons. The molecule has 2 amide bonds. The standard InChI is InChI=1S/C18H26N4O2/c1-2-15-5-3-4-8-22(15)16-6-7-19-17(13-16)18(24)21-11-9-20(14-23)10-12-21/h6-7,13-15H,2-5,8-12H2,1H3. The Hall–Kier alpha value is -2.11. The highest BCUT2D eigenvalue weighted by molar-refractivity contribution is 5.93. The normalized spacial score (nSPS) is 21.7. The number of rotatable bonds is 4. The fourth-order valence-electron chi connectivity index (χ4n) is 3.67. The summed E-state index contributed by atoms with van der Waals surface area (Å²) in [5, 5.41) is 0. The second-order valence-electron chi connectivity index (χ2n) is 6.58. The van der Waals surface area contributed by atoms with Gasteiger partial charge in [-0.3, -0.25) is 14.6 Å². The number of piperidine rings is 1. The van der Waals surface area contributed by atoms with Crippen molar-refractivity contribution in [2.24, 2.45) is 0 Å². The topological polar surface area (TPSA) is 56.8 Å². The average molecular weight is 330 g/mol. The maximum absolute atomic E-state index is 12.7. The minimum absolute atomic E-state index is 0.0348. The Morgan fingerprint density at radius 2 is 2.04 bits per heavy atom.